The van der Waals surface area contributed by atoms with Crippen LogP contribution in [0.1, 0.15) is 57.5 Å². The smallest absolute Gasteiger partial charge is 0.413 e. The number of aromatic nitrogens is 1. The summed E-state index contributed by atoms with van der Waals surface area (Å²) in [5, 5.41) is 7.94. The van der Waals surface area contributed by atoms with Gasteiger partial charge in [-0.05, 0) is 45.7 Å². The van der Waals surface area contributed by atoms with Crippen LogP contribution in [0.25, 0.3) is 0 Å². The molecule has 200 valence electrons. The van der Waals surface area contributed by atoms with E-state index in [1.165, 1.54) is 19.2 Å². The Labute approximate surface area is 224 Å². The van der Waals surface area contributed by atoms with Gasteiger partial charge in [0.25, 0.3) is 5.91 Å². The Morgan fingerprint density at radius 3 is 2.00 bits per heavy atom. The number of amides is 2. The summed E-state index contributed by atoms with van der Waals surface area (Å²) in [5.74, 6) is -1.65. The lowest BCUT2D eigenvalue weighted by Gasteiger charge is -2.25. The molecule has 1 heterocycles. The maximum absolute atomic E-state index is 13.2. The molecule has 0 spiro atoms. The van der Waals surface area contributed by atoms with Crippen molar-refractivity contribution < 1.29 is 28.7 Å². The first-order valence-corrected chi connectivity index (χ1v) is 12.6. The van der Waals surface area contributed by atoms with E-state index in [0.29, 0.717) is 0 Å². The summed E-state index contributed by atoms with van der Waals surface area (Å²) in [4.78, 5) is 46.9. The molecule has 1 aromatic heterocycles. The number of esters is 1. The van der Waals surface area contributed by atoms with E-state index in [1.54, 1.807) is 20.8 Å². The number of carbonyl (C=O) groups excluding carboxylic acids is 3. The number of oxime groups is 1. The number of benzene rings is 2. The molecule has 0 aliphatic rings. The molecule has 38 heavy (non-hydrogen) atoms. The van der Waals surface area contributed by atoms with E-state index in [4.69, 9.17) is 20.0 Å². The first kappa shape index (κ1) is 28.3. The van der Waals surface area contributed by atoms with Gasteiger partial charge < -0.3 is 20.0 Å². The van der Waals surface area contributed by atoms with Crippen molar-refractivity contribution in [3.63, 3.8) is 0 Å². The summed E-state index contributed by atoms with van der Waals surface area (Å²) < 4.78 is 11.0. The minimum absolute atomic E-state index is 0.0594. The van der Waals surface area contributed by atoms with Crippen LogP contribution in [0.15, 0.2) is 71.2 Å². The van der Waals surface area contributed by atoms with Gasteiger partial charge in [0.2, 0.25) is 5.60 Å². The molecule has 0 aliphatic carbocycles. The van der Waals surface area contributed by atoms with E-state index >= 15 is 0 Å². The Kier molecular flexibility index (Phi) is 8.84. The zero-order valence-electron chi connectivity index (χ0n) is 21.8. The van der Waals surface area contributed by atoms with Crippen molar-refractivity contribution in [2.75, 3.05) is 5.32 Å². The van der Waals surface area contributed by atoms with Crippen molar-refractivity contribution in [1.29, 1.82) is 0 Å². The Morgan fingerprint density at radius 2 is 1.50 bits per heavy atom. The number of anilines is 1. The lowest BCUT2D eigenvalue weighted by Crippen LogP contribution is -2.37. The van der Waals surface area contributed by atoms with Crippen molar-refractivity contribution >= 4 is 40.1 Å². The molecule has 3 rings (SSSR count). The van der Waals surface area contributed by atoms with Crippen molar-refractivity contribution in [3.8, 4) is 0 Å². The standard InChI is InChI=1S/C27H30N4O6S/c1-26(2,3)36-25(34)30-24-29-19(16-38-24)20(22(28)32)31-37-27(4,5)23(33)35-21(17-12-8-6-9-13-17)18-14-10-7-11-15-18/h6-16,21H,1-5H3,(H2,28,32)(H,29,30,34)/b31-20+. The third-order valence-electron chi connectivity index (χ3n) is 4.87. The van der Waals surface area contributed by atoms with Gasteiger partial charge in [-0.3, -0.25) is 10.1 Å². The third-order valence-corrected chi connectivity index (χ3v) is 5.63. The van der Waals surface area contributed by atoms with Gasteiger partial charge in [-0.1, -0.05) is 65.8 Å². The summed E-state index contributed by atoms with van der Waals surface area (Å²) in [5.41, 5.74) is 4.48. The van der Waals surface area contributed by atoms with Gasteiger partial charge in [-0.25, -0.2) is 14.6 Å². The van der Waals surface area contributed by atoms with E-state index in [9.17, 15) is 14.4 Å². The highest BCUT2D eigenvalue weighted by molar-refractivity contribution is 7.14. The molecular formula is C27H30N4O6S. The number of primary amides is 1. The molecule has 0 bridgehead atoms. The van der Waals surface area contributed by atoms with Gasteiger partial charge in [0.1, 0.15) is 11.3 Å². The molecule has 0 fully saturated rings. The van der Waals surface area contributed by atoms with Crippen LogP contribution < -0.4 is 11.1 Å². The third kappa shape index (κ3) is 7.87. The molecule has 0 saturated heterocycles. The number of nitrogens with two attached hydrogens (primary N) is 1. The monoisotopic (exact) mass is 538 g/mol. The Morgan fingerprint density at radius 1 is 0.947 bits per heavy atom. The molecule has 0 radical (unpaired) electrons. The van der Waals surface area contributed by atoms with Crippen LogP contribution in [0.3, 0.4) is 0 Å². The fraction of sp³-hybridized carbons (Fsp3) is 0.296. The van der Waals surface area contributed by atoms with Crippen molar-refractivity contribution in [2.45, 2.75) is 51.9 Å². The number of rotatable bonds is 9. The maximum Gasteiger partial charge on any atom is 0.413 e. The fourth-order valence-corrected chi connectivity index (χ4v) is 3.76. The molecule has 11 heteroatoms. The van der Waals surface area contributed by atoms with Crippen LogP contribution in [-0.2, 0) is 23.9 Å². The van der Waals surface area contributed by atoms with Gasteiger partial charge in [0.15, 0.2) is 16.9 Å². The normalized spacial score (nSPS) is 12.1. The Hall–Kier alpha value is -4.25. The summed E-state index contributed by atoms with van der Waals surface area (Å²) in [6, 6.07) is 18.6. The van der Waals surface area contributed by atoms with Crippen LogP contribution in [0.2, 0.25) is 0 Å². The number of hydrogen-bond acceptors (Lipinski definition) is 9. The van der Waals surface area contributed by atoms with E-state index in [-0.39, 0.29) is 16.5 Å². The summed E-state index contributed by atoms with van der Waals surface area (Å²) in [6.07, 6.45) is -1.39. The van der Waals surface area contributed by atoms with Gasteiger partial charge >= 0.3 is 12.1 Å². The lowest BCUT2D eigenvalue weighted by atomic mass is 10.0. The van der Waals surface area contributed by atoms with Gasteiger partial charge in [0.05, 0.1) is 0 Å². The first-order valence-electron chi connectivity index (χ1n) is 11.7. The summed E-state index contributed by atoms with van der Waals surface area (Å²) in [7, 11) is 0. The van der Waals surface area contributed by atoms with Crippen LogP contribution in [0, 0.1) is 0 Å². The maximum atomic E-state index is 13.2. The largest absolute Gasteiger partial charge is 0.450 e. The van der Waals surface area contributed by atoms with E-state index < -0.39 is 35.3 Å². The molecule has 3 N–H and O–H groups in total. The van der Waals surface area contributed by atoms with Crippen LogP contribution >= 0.6 is 11.3 Å². The molecule has 3 aromatic rings. The molecule has 0 unspecified atom stereocenters. The summed E-state index contributed by atoms with van der Waals surface area (Å²) in [6.45, 7) is 8.10. The van der Waals surface area contributed by atoms with Crippen LogP contribution in [0.5, 0.6) is 0 Å². The van der Waals surface area contributed by atoms with E-state index in [0.717, 1.165) is 22.5 Å². The first-order chi connectivity index (χ1) is 17.9. The molecular weight excluding hydrogens is 508 g/mol. The molecule has 0 aliphatic heterocycles. The van der Waals surface area contributed by atoms with Crippen molar-refractivity contribution in [2.24, 2.45) is 10.9 Å². The van der Waals surface area contributed by atoms with Gasteiger partial charge in [-0.2, -0.15) is 0 Å². The minimum Gasteiger partial charge on any atom is -0.450 e. The van der Waals surface area contributed by atoms with Crippen molar-refractivity contribution in [3.05, 3.63) is 82.9 Å². The highest BCUT2D eigenvalue weighted by Crippen LogP contribution is 2.28. The SMILES string of the molecule is CC(C)(C)OC(=O)Nc1nc(/C(=N\OC(C)(C)C(=O)OC(c2ccccc2)c2ccccc2)C(N)=O)cs1. The minimum atomic E-state index is -1.59. The van der Waals surface area contributed by atoms with E-state index in [2.05, 4.69) is 15.5 Å². The molecule has 2 amide bonds. The topological polar surface area (TPSA) is 142 Å². The lowest BCUT2D eigenvalue weighted by molar-refractivity contribution is -0.172. The Balaban J connectivity index is 1.76. The second-order valence-electron chi connectivity index (χ2n) is 9.68. The number of carbonyl (C=O) groups is 3. The van der Waals surface area contributed by atoms with Gasteiger partial charge in [0, 0.05) is 5.38 Å². The average Bonchev–Trinajstić information content (AvgIpc) is 3.29. The van der Waals surface area contributed by atoms with E-state index in [1.807, 2.05) is 60.7 Å². The highest BCUT2D eigenvalue weighted by Gasteiger charge is 2.36. The molecule has 0 saturated carbocycles. The number of nitrogens with one attached hydrogen (secondary N) is 1. The predicted molar refractivity (Wildman–Crippen MR) is 144 cm³/mol. The fourth-order valence-electron chi connectivity index (χ4n) is 3.08. The number of nitrogens with zero attached hydrogens (tertiary/aromatic N) is 2. The second kappa shape index (κ2) is 11.9. The number of ether oxygens (including phenoxy) is 2. The van der Waals surface area contributed by atoms with Crippen molar-refractivity contribution in [1.82, 2.24) is 4.98 Å². The second-order valence-corrected chi connectivity index (χ2v) is 10.5. The molecule has 0 atom stereocenters. The Bertz CT molecular complexity index is 1260. The van der Waals surface area contributed by atoms with Gasteiger partial charge in [-0.15, -0.1) is 11.3 Å². The zero-order chi connectivity index (χ0) is 27.9. The highest BCUT2D eigenvalue weighted by atomic mass is 32.1. The predicted octanol–water partition coefficient (Wildman–Crippen LogP) is 4.81. The quantitative estimate of drug-likeness (QED) is 0.226. The van der Waals surface area contributed by atoms with Crippen LogP contribution in [0.4, 0.5) is 9.93 Å². The number of thiazole rings is 1. The molecule has 10 nitrogen and oxygen atoms in total. The van der Waals surface area contributed by atoms with Crippen LogP contribution in [-0.4, -0.2) is 39.9 Å². The summed E-state index contributed by atoms with van der Waals surface area (Å²) >= 11 is 1.03. The molecule has 2 aromatic carbocycles. The number of hydrogen-bond donors (Lipinski definition) is 2. The zero-order valence-corrected chi connectivity index (χ0v) is 22.6. The average molecular weight is 539 g/mol.